The van der Waals surface area contributed by atoms with Gasteiger partial charge in [0.2, 0.25) is 6.08 Å². The number of carbonyl (C=O) groups excluding carboxylic acids is 1. The van der Waals surface area contributed by atoms with Crippen LogP contribution in [-0.2, 0) is 4.79 Å². The van der Waals surface area contributed by atoms with Crippen molar-refractivity contribution in [1.29, 1.82) is 0 Å². The number of nitrogens with zero attached hydrogens (tertiary/aromatic N) is 1. The third kappa shape index (κ3) is 5.01. The lowest BCUT2D eigenvalue weighted by Crippen LogP contribution is -2.19. The quantitative estimate of drug-likeness (QED) is 0.458. The van der Waals surface area contributed by atoms with Gasteiger partial charge in [-0.05, 0) is 6.42 Å². The first-order valence-electron chi connectivity index (χ1n) is 4.24. The van der Waals surface area contributed by atoms with Crippen molar-refractivity contribution in [3.63, 3.8) is 0 Å². The smallest absolute Gasteiger partial charge is 0.211 e. The van der Waals surface area contributed by atoms with Crippen LogP contribution in [0.25, 0.3) is 0 Å². The van der Waals surface area contributed by atoms with Crippen LogP contribution in [0.5, 0.6) is 0 Å². The molecule has 1 fully saturated rings. The third-order valence-electron chi connectivity index (χ3n) is 1.79. The first-order chi connectivity index (χ1) is 6.33. The van der Waals surface area contributed by atoms with Gasteiger partial charge in [0.1, 0.15) is 0 Å². The van der Waals surface area contributed by atoms with Crippen molar-refractivity contribution in [2.24, 2.45) is 4.99 Å². The Balaban J connectivity index is 2.17. The second-order valence-electron chi connectivity index (χ2n) is 2.89. The van der Waals surface area contributed by atoms with E-state index in [0.717, 1.165) is 6.42 Å². The van der Waals surface area contributed by atoms with Crippen molar-refractivity contribution in [3.8, 4) is 0 Å². The van der Waals surface area contributed by atoms with Gasteiger partial charge in [0.15, 0.2) is 0 Å². The zero-order chi connectivity index (χ0) is 9.52. The van der Waals surface area contributed by atoms with Crippen molar-refractivity contribution in [1.82, 2.24) is 0 Å². The Morgan fingerprint density at radius 1 is 1.62 bits per heavy atom. The third-order valence-corrected chi connectivity index (χ3v) is 5.03. The second-order valence-corrected chi connectivity index (χ2v) is 6.18. The molecule has 2 unspecified atom stereocenters. The van der Waals surface area contributed by atoms with E-state index in [-0.39, 0.29) is 5.25 Å². The summed E-state index contributed by atoms with van der Waals surface area (Å²) in [5.41, 5.74) is 0. The van der Waals surface area contributed by atoms with E-state index in [4.69, 9.17) is 0 Å². The molecule has 1 aliphatic rings. The SMILES string of the molecule is O=C=NCC(S)CC1CSCCS1. The number of isocyanates is 1. The highest BCUT2D eigenvalue weighted by atomic mass is 32.2. The molecule has 0 aromatic heterocycles. The van der Waals surface area contributed by atoms with Gasteiger partial charge in [-0.2, -0.15) is 36.2 Å². The molecule has 5 heteroatoms. The molecule has 13 heavy (non-hydrogen) atoms. The molecule has 0 spiro atoms. The summed E-state index contributed by atoms with van der Waals surface area (Å²) in [5, 5.41) is 0.917. The summed E-state index contributed by atoms with van der Waals surface area (Å²) in [5.74, 6) is 3.73. The van der Waals surface area contributed by atoms with Gasteiger partial charge in [0.25, 0.3) is 0 Å². The van der Waals surface area contributed by atoms with E-state index in [0.29, 0.717) is 11.8 Å². The molecule has 0 aromatic carbocycles. The molecule has 0 radical (unpaired) electrons. The van der Waals surface area contributed by atoms with Crippen LogP contribution in [0.1, 0.15) is 6.42 Å². The standard InChI is InChI=1S/C8H13NOS3/c10-6-9-4-7(11)3-8-5-12-1-2-13-8/h7-8,11H,1-5H2. The van der Waals surface area contributed by atoms with Crippen LogP contribution in [0, 0.1) is 0 Å². The first-order valence-corrected chi connectivity index (χ1v) is 6.96. The van der Waals surface area contributed by atoms with Gasteiger partial charge >= 0.3 is 0 Å². The van der Waals surface area contributed by atoms with E-state index in [1.54, 1.807) is 6.08 Å². The molecule has 1 saturated heterocycles. The Hall–Kier alpha value is 0.430. The highest BCUT2D eigenvalue weighted by Gasteiger charge is 2.17. The first kappa shape index (κ1) is 11.5. The maximum atomic E-state index is 9.87. The van der Waals surface area contributed by atoms with Crippen LogP contribution in [0.3, 0.4) is 0 Å². The molecule has 2 atom stereocenters. The molecular formula is C8H13NOS3. The van der Waals surface area contributed by atoms with Crippen molar-refractivity contribution in [2.45, 2.75) is 16.9 Å². The summed E-state index contributed by atoms with van der Waals surface area (Å²) >= 11 is 8.40. The van der Waals surface area contributed by atoms with E-state index in [1.165, 1.54) is 17.3 Å². The summed E-state index contributed by atoms with van der Waals surface area (Å²) in [6, 6.07) is 0. The van der Waals surface area contributed by atoms with Crippen LogP contribution in [0.4, 0.5) is 0 Å². The zero-order valence-corrected chi connectivity index (χ0v) is 9.84. The number of thiol groups is 1. The lowest BCUT2D eigenvalue weighted by atomic mass is 10.2. The van der Waals surface area contributed by atoms with Crippen molar-refractivity contribution >= 4 is 42.2 Å². The van der Waals surface area contributed by atoms with Crippen LogP contribution in [0.2, 0.25) is 0 Å². The van der Waals surface area contributed by atoms with Crippen LogP contribution in [0.15, 0.2) is 4.99 Å². The average molecular weight is 235 g/mol. The van der Waals surface area contributed by atoms with Gasteiger partial charge in [-0.1, -0.05) is 0 Å². The minimum absolute atomic E-state index is 0.220. The second kappa shape index (κ2) is 6.82. The molecule has 0 bridgehead atoms. The summed E-state index contributed by atoms with van der Waals surface area (Å²) in [7, 11) is 0. The molecule has 0 aliphatic carbocycles. The molecule has 1 rings (SSSR count). The number of thioether (sulfide) groups is 2. The molecule has 1 aliphatic heterocycles. The Kier molecular flexibility index (Phi) is 6.04. The van der Waals surface area contributed by atoms with E-state index >= 15 is 0 Å². The molecule has 0 saturated carbocycles. The topological polar surface area (TPSA) is 29.4 Å². The minimum atomic E-state index is 0.220. The molecule has 1 heterocycles. The van der Waals surface area contributed by atoms with Crippen LogP contribution >= 0.6 is 36.2 Å². The number of hydrogen-bond donors (Lipinski definition) is 1. The number of rotatable bonds is 4. The average Bonchev–Trinajstić information content (AvgIpc) is 2.16. The summed E-state index contributed by atoms with van der Waals surface area (Å²) in [6.07, 6.45) is 2.60. The van der Waals surface area contributed by atoms with Crippen molar-refractivity contribution < 1.29 is 4.79 Å². The van der Waals surface area contributed by atoms with Gasteiger partial charge in [-0.3, -0.25) is 0 Å². The highest BCUT2D eigenvalue weighted by Crippen LogP contribution is 2.28. The van der Waals surface area contributed by atoms with Gasteiger partial charge in [-0.15, -0.1) is 0 Å². The van der Waals surface area contributed by atoms with E-state index in [1.807, 2.05) is 23.5 Å². The maximum absolute atomic E-state index is 9.87. The summed E-state index contributed by atoms with van der Waals surface area (Å²) < 4.78 is 0. The molecule has 0 N–H and O–H groups in total. The number of aliphatic imine (C=N–C) groups is 1. The van der Waals surface area contributed by atoms with Gasteiger partial charge < -0.3 is 0 Å². The maximum Gasteiger partial charge on any atom is 0.234 e. The summed E-state index contributed by atoms with van der Waals surface area (Å²) in [6.45, 7) is 0.508. The van der Waals surface area contributed by atoms with Crippen molar-refractivity contribution in [3.05, 3.63) is 0 Å². The predicted molar refractivity (Wildman–Crippen MR) is 64.0 cm³/mol. The Morgan fingerprint density at radius 2 is 2.46 bits per heavy atom. The van der Waals surface area contributed by atoms with Gasteiger partial charge in [-0.25, -0.2) is 9.79 Å². The fourth-order valence-electron chi connectivity index (χ4n) is 1.19. The van der Waals surface area contributed by atoms with E-state index in [2.05, 4.69) is 17.6 Å². The summed E-state index contributed by atoms with van der Waals surface area (Å²) in [4.78, 5) is 13.4. The predicted octanol–water partition coefficient (Wildman–Crippen LogP) is 1.86. The Labute approximate surface area is 92.7 Å². The Morgan fingerprint density at radius 3 is 3.08 bits per heavy atom. The Bertz CT molecular complexity index is 188. The molecule has 2 nitrogen and oxygen atoms in total. The molecular weight excluding hydrogens is 222 g/mol. The van der Waals surface area contributed by atoms with Crippen molar-refractivity contribution in [2.75, 3.05) is 23.8 Å². The molecule has 0 aromatic rings. The fourth-order valence-corrected chi connectivity index (χ4v) is 4.47. The fraction of sp³-hybridized carbons (Fsp3) is 0.875. The molecule has 74 valence electrons. The minimum Gasteiger partial charge on any atom is -0.211 e. The highest BCUT2D eigenvalue weighted by molar-refractivity contribution is 8.06. The van der Waals surface area contributed by atoms with Crippen LogP contribution in [-0.4, -0.2) is 40.4 Å². The van der Waals surface area contributed by atoms with E-state index in [9.17, 15) is 4.79 Å². The monoisotopic (exact) mass is 235 g/mol. The largest absolute Gasteiger partial charge is 0.234 e. The number of hydrogen-bond acceptors (Lipinski definition) is 5. The zero-order valence-electron chi connectivity index (χ0n) is 7.31. The van der Waals surface area contributed by atoms with Crippen LogP contribution < -0.4 is 0 Å². The lowest BCUT2D eigenvalue weighted by Gasteiger charge is -2.22. The van der Waals surface area contributed by atoms with Gasteiger partial charge in [0, 0.05) is 27.8 Å². The van der Waals surface area contributed by atoms with E-state index < -0.39 is 0 Å². The normalized spacial score (nSPS) is 24.8. The van der Waals surface area contributed by atoms with Gasteiger partial charge in [0.05, 0.1) is 6.54 Å². The molecule has 0 amide bonds. The lowest BCUT2D eigenvalue weighted by molar-refractivity contribution is 0.562.